The Labute approximate surface area is 249 Å². The van der Waals surface area contributed by atoms with Crippen LogP contribution >= 0.6 is 0 Å². The Balaban J connectivity index is 2.09. The number of nitrogens with zero attached hydrogens (tertiary/aromatic N) is 1. The van der Waals surface area contributed by atoms with E-state index in [0.717, 1.165) is 5.56 Å². The molecule has 0 spiro atoms. The molecule has 0 radical (unpaired) electrons. The van der Waals surface area contributed by atoms with Gasteiger partial charge >= 0.3 is 5.97 Å². The van der Waals surface area contributed by atoms with E-state index in [9.17, 15) is 29.2 Å². The number of carbonyl (C=O) groups excluding carboxylic acids is 4. The van der Waals surface area contributed by atoms with Crippen molar-refractivity contribution in [1.29, 1.82) is 0 Å². The van der Waals surface area contributed by atoms with E-state index in [1.54, 1.807) is 20.8 Å². The highest BCUT2D eigenvalue weighted by Crippen LogP contribution is 2.22. The van der Waals surface area contributed by atoms with E-state index in [1.807, 2.05) is 56.3 Å². The molecule has 0 aliphatic carbocycles. The topological polar surface area (TPSA) is 156 Å². The lowest BCUT2D eigenvalue weighted by atomic mass is 9.93. The van der Waals surface area contributed by atoms with Crippen molar-refractivity contribution in [1.82, 2.24) is 15.5 Å². The molecule has 1 saturated heterocycles. The molecule has 42 heavy (non-hydrogen) atoms. The fourth-order valence-electron chi connectivity index (χ4n) is 5.17. The van der Waals surface area contributed by atoms with Gasteiger partial charge in [-0.25, -0.2) is 4.79 Å². The molecule has 11 heteroatoms. The summed E-state index contributed by atoms with van der Waals surface area (Å²) in [5.41, 5.74) is 0.848. The van der Waals surface area contributed by atoms with Gasteiger partial charge in [0.1, 0.15) is 30.8 Å². The fourth-order valence-corrected chi connectivity index (χ4v) is 5.17. The number of carbonyl (C=O) groups is 4. The van der Waals surface area contributed by atoms with Gasteiger partial charge in [0.2, 0.25) is 23.8 Å². The second-order valence-corrected chi connectivity index (χ2v) is 12.1. The van der Waals surface area contributed by atoms with Crippen molar-refractivity contribution < 1.29 is 34.2 Å². The molecule has 0 unspecified atom stereocenters. The average Bonchev–Trinajstić information content (AvgIpc) is 3.44. The van der Waals surface area contributed by atoms with E-state index < -0.39 is 48.1 Å². The Bertz CT molecular complexity index is 1050. The molecule has 234 valence electrons. The molecule has 11 nitrogen and oxygen atoms in total. The van der Waals surface area contributed by atoms with Crippen molar-refractivity contribution >= 4 is 23.7 Å². The molecule has 1 aromatic carbocycles. The van der Waals surface area contributed by atoms with Crippen molar-refractivity contribution in [2.24, 2.45) is 17.8 Å². The van der Waals surface area contributed by atoms with Gasteiger partial charge in [-0.2, -0.15) is 0 Å². The van der Waals surface area contributed by atoms with Crippen LogP contribution in [0.15, 0.2) is 30.3 Å². The Morgan fingerprint density at radius 2 is 1.74 bits per heavy atom. The molecule has 6 atom stereocenters. The molecule has 1 aliphatic rings. The van der Waals surface area contributed by atoms with Crippen LogP contribution in [0.25, 0.3) is 0 Å². The number of aliphatic hydroxyl groups is 1. The first kappa shape index (κ1) is 34.9. The molecule has 1 aromatic rings. The lowest BCUT2D eigenvalue weighted by molar-refractivity contribution is -0.547. The van der Waals surface area contributed by atoms with E-state index in [2.05, 4.69) is 10.6 Å². The quantitative estimate of drug-likeness (QED) is 0.212. The molecule has 4 N–H and O–H groups in total. The van der Waals surface area contributed by atoms with Crippen LogP contribution in [0.5, 0.6) is 0 Å². The van der Waals surface area contributed by atoms with Crippen LogP contribution in [0.2, 0.25) is 0 Å². The smallest absolute Gasteiger partial charge is 0.329 e. The third kappa shape index (κ3) is 10.2. The third-order valence-electron chi connectivity index (χ3n) is 7.82. The molecular formula is C31H49N4O7+. The number of esters is 1. The zero-order valence-corrected chi connectivity index (χ0v) is 25.8. The van der Waals surface area contributed by atoms with Gasteiger partial charge in [-0.15, -0.1) is 0 Å². The summed E-state index contributed by atoms with van der Waals surface area (Å²) < 4.78 is 5.51. The Morgan fingerprint density at radius 3 is 2.31 bits per heavy atom. The number of nitroso groups, excluding NO2 is 1. The van der Waals surface area contributed by atoms with Crippen LogP contribution < -0.4 is 15.8 Å². The first-order chi connectivity index (χ1) is 19.9. The summed E-state index contributed by atoms with van der Waals surface area (Å²) in [4.78, 5) is 65.7. The van der Waals surface area contributed by atoms with Crippen molar-refractivity contribution in [2.75, 3.05) is 6.54 Å². The monoisotopic (exact) mass is 589 g/mol. The lowest BCUT2D eigenvalue weighted by Crippen LogP contribution is -2.78. The van der Waals surface area contributed by atoms with Crippen molar-refractivity contribution in [3.8, 4) is 0 Å². The summed E-state index contributed by atoms with van der Waals surface area (Å²) in [5, 5.41) is 17.8. The van der Waals surface area contributed by atoms with Gasteiger partial charge in [-0.1, -0.05) is 71.9 Å². The fraction of sp³-hybridized carbons (Fsp3) is 0.677. The molecule has 1 aliphatic heterocycles. The zero-order valence-electron chi connectivity index (χ0n) is 25.8. The number of benzene rings is 1. The van der Waals surface area contributed by atoms with E-state index >= 15 is 0 Å². The number of ether oxygens (including phenoxy) is 1. The number of rotatable bonds is 16. The zero-order chi connectivity index (χ0) is 31.4. The normalized spacial score (nSPS) is 18.6. The molecule has 1 fully saturated rings. The number of hydrogen-bond donors (Lipinski definition) is 4. The Kier molecular flexibility index (Phi) is 14.1. The number of likely N-dealkylation sites (tertiary alicyclic amines) is 1. The van der Waals surface area contributed by atoms with E-state index in [0.29, 0.717) is 32.2 Å². The van der Waals surface area contributed by atoms with E-state index in [4.69, 9.17) is 4.74 Å². The SMILES string of the molecule is CC[C@H](C)[C@@H]([NH+]=O)[C@@H](O)CC(=O)N[C@H](C(=O)N[C@@H](CC(C)C)C(=O)N1CCC[C@H]1C(=O)OCc1ccccc1)C(C)C. The number of amides is 3. The summed E-state index contributed by atoms with van der Waals surface area (Å²) in [6.45, 7) is 11.6. The minimum Gasteiger partial charge on any atom is -0.459 e. The van der Waals surface area contributed by atoms with Gasteiger partial charge < -0.3 is 25.4 Å². The van der Waals surface area contributed by atoms with E-state index in [-0.39, 0.29) is 36.7 Å². The summed E-state index contributed by atoms with van der Waals surface area (Å²) in [6.07, 6.45) is 0.527. The van der Waals surface area contributed by atoms with Crippen LogP contribution in [0.3, 0.4) is 0 Å². The molecule has 3 amide bonds. The average molecular weight is 590 g/mol. The molecule has 0 saturated carbocycles. The van der Waals surface area contributed by atoms with Gasteiger partial charge in [0, 0.05) is 17.4 Å². The van der Waals surface area contributed by atoms with Crippen LogP contribution in [0, 0.1) is 22.7 Å². The summed E-state index contributed by atoms with van der Waals surface area (Å²) in [7, 11) is 0. The van der Waals surface area contributed by atoms with Gasteiger partial charge in [0.15, 0.2) is 0 Å². The maximum absolute atomic E-state index is 13.7. The summed E-state index contributed by atoms with van der Waals surface area (Å²) in [5.74, 6) is -2.36. The molecule has 2 rings (SSSR count). The molecule has 0 bridgehead atoms. The van der Waals surface area contributed by atoms with Crippen molar-refractivity contribution in [3.05, 3.63) is 40.8 Å². The number of hydrogen-bond acceptors (Lipinski definition) is 7. The highest BCUT2D eigenvalue weighted by atomic mass is 16.5. The molecule has 0 aromatic heterocycles. The molecular weight excluding hydrogens is 540 g/mol. The predicted octanol–water partition coefficient (Wildman–Crippen LogP) is 1.41. The first-order valence-corrected chi connectivity index (χ1v) is 15.1. The lowest BCUT2D eigenvalue weighted by Gasteiger charge is -2.31. The summed E-state index contributed by atoms with van der Waals surface area (Å²) in [6, 6.07) is 5.88. The van der Waals surface area contributed by atoms with Gasteiger partial charge in [-0.05, 0) is 48.3 Å². The third-order valence-corrected chi connectivity index (χ3v) is 7.82. The maximum atomic E-state index is 13.7. The van der Waals surface area contributed by atoms with Crippen molar-refractivity contribution in [2.45, 2.75) is 111 Å². The second-order valence-electron chi connectivity index (χ2n) is 12.1. The van der Waals surface area contributed by atoms with E-state index in [1.165, 1.54) is 4.90 Å². The predicted molar refractivity (Wildman–Crippen MR) is 157 cm³/mol. The van der Waals surface area contributed by atoms with Crippen LogP contribution in [0.1, 0.15) is 79.2 Å². The number of aliphatic hydroxyl groups excluding tert-OH is 1. The van der Waals surface area contributed by atoms with Crippen molar-refractivity contribution in [3.63, 3.8) is 0 Å². The standard InChI is InChI=1S/C31H48N4O7/c1-7-21(6)28(34-41)25(36)17-26(37)33-27(20(4)5)29(38)32-23(16-19(2)3)30(39)35-15-11-14-24(35)31(40)42-18-22-12-9-8-10-13-22/h8-10,12-13,19-21,23-25,27-28,36H,7,11,14-18H2,1-6H3,(H,32,38)(H,33,37)/p+1/t21-,23-,24-,25-,27-,28+/m0/s1. The minimum atomic E-state index is -1.22. The van der Waals surface area contributed by atoms with Crippen LogP contribution in [0.4, 0.5) is 0 Å². The minimum absolute atomic E-state index is 0.0599. The van der Waals surface area contributed by atoms with Crippen LogP contribution in [-0.2, 0) is 30.5 Å². The Morgan fingerprint density at radius 1 is 1.07 bits per heavy atom. The first-order valence-electron chi connectivity index (χ1n) is 15.1. The second kappa shape index (κ2) is 16.9. The van der Waals surface area contributed by atoms with Crippen LogP contribution in [-0.4, -0.2) is 70.5 Å². The van der Waals surface area contributed by atoms with Gasteiger partial charge in [0.25, 0.3) is 0 Å². The Hall–Kier alpha value is -3.34. The summed E-state index contributed by atoms with van der Waals surface area (Å²) >= 11 is 0. The maximum Gasteiger partial charge on any atom is 0.329 e. The highest BCUT2D eigenvalue weighted by molar-refractivity contribution is 5.94. The largest absolute Gasteiger partial charge is 0.459 e. The highest BCUT2D eigenvalue weighted by Gasteiger charge is 2.40. The van der Waals surface area contributed by atoms with Gasteiger partial charge in [-0.3, -0.25) is 14.4 Å². The van der Waals surface area contributed by atoms with Gasteiger partial charge in [0.05, 0.1) is 6.42 Å². The molecule has 1 heterocycles. The number of nitrogens with one attached hydrogen (secondary N) is 3.